The number of nitrogens with zero attached hydrogens (tertiary/aromatic N) is 2. The van der Waals surface area contributed by atoms with Gasteiger partial charge in [0.1, 0.15) is 0 Å². The van der Waals surface area contributed by atoms with Crippen molar-refractivity contribution in [2.24, 2.45) is 0 Å². The number of hydrogen-bond acceptors (Lipinski definition) is 4. The van der Waals surface area contributed by atoms with Gasteiger partial charge in [0, 0.05) is 85.3 Å². The fourth-order valence-electron chi connectivity index (χ4n) is 1.07. The van der Waals surface area contributed by atoms with Crippen molar-refractivity contribution in [2.75, 3.05) is 26.2 Å². The van der Waals surface area contributed by atoms with E-state index < -0.39 is 0 Å². The molecule has 0 atom stereocenters. The summed E-state index contributed by atoms with van der Waals surface area (Å²) in [6.07, 6.45) is 0. The largest absolute Gasteiger partial charge is 0.412 e. The topological polar surface area (TPSA) is 38.0 Å². The Morgan fingerprint density at radius 3 is 1.13 bits per heavy atom. The van der Waals surface area contributed by atoms with Crippen molar-refractivity contribution in [3.8, 4) is 0 Å². The minimum atomic E-state index is 0. The van der Waals surface area contributed by atoms with Gasteiger partial charge in [-0.15, -0.1) is 0 Å². The average Bonchev–Trinajstić information content (AvgIpc) is 2.04. The van der Waals surface area contributed by atoms with Crippen molar-refractivity contribution in [2.45, 2.75) is 0 Å². The second-order valence-corrected chi connectivity index (χ2v) is 4.57. The summed E-state index contributed by atoms with van der Waals surface area (Å²) < 4.78 is 1.09. The zero-order valence-corrected chi connectivity index (χ0v) is 16.1. The molecule has 1 heterocycles. The Hall–Kier alpha value is 2.18. The monoisotopic (exact) mass is 300 g/mol. The van der Waals surface area contributed by atoms with Crippen molar-refractivity contribution in [3.05, 3.63) is 0 Å². The van der Waals surface area contributed by atoms with E-state index in [9.17, 15) is 0 Å². The summed E-state index contributed by atoms with van der Waals surface area (Å²) in [5.41, 5.74) is 0. The molecule has 0 amide bonds. The van der Waals surface area contributed by atoms with Gasteiger partial charge in [-0.1, -0.05) is 8.64 Å². The van der Waals surface area contributed by atoms with E-state index in [4.69, 9.17) is 49.7 Å². The van der Waals surface area contributed by atoms with Crippen LogP contribution in [0.4, 0.5) is 0 Å². The predicted molar refractivity (Wildman–Crippen MR) is 78.2 cm³/mol. The standard InChI is InChI=1S/C6H10N2S4.2Na.H2O/c9-5(10)7-1-2-8(4-3-7)6(11)12;;;/h1-4H2,(H,9,10)(H,11,12);;;1H2/p-2. The van der Waals surface area contributed by atoms with Crippen LogP contribution in [0.5, 0.6) is 0 Å². The SMILES string of the molecule is O.S=C([S-])N1CCN(C(=S)[S-])CC1.[Na].[Na]. The summed E-state index contributed by atoms with van der Waals surface area (Å²) >= 11 is 19.5. The third-order valence-corrected chi connectivity index (χ3v) is 2.83. The van der Waals surface area contributed by atoms with Crippen molar-refractivity contribution in [3.63, 3.8) is 0 Å². The van der Waals surface area contributed by atoms with Gasteiger partial charge < -0.3 is 65.0 Å². The van der Waals surface area contributed by atoms with Gasteiger partial charge >= 0.3 is 0 Å². The summed E-state index contributed by atoms with van der Waals surface area (Å²) in [6, 6.07) is 0. The van der Waals surface area contributed by atoms with Crippen LogP contribution in [0.25, 0.3) is 0 Å². The summed E-state index contributed by atoms with van der Waals surface area (Å²) in [4.78, 5) is 3.99. The van der Waals surface area contributed by atoms with E-state index in [0.29, 0.717) is 8.64 Å². The maximum absolute atomic E-state index is 4.88. The van der Waals surface area contributed by atoms with Crippen LogP contribution in [0, 0.1) is 0 Å². The number of rotatable bonds is 0. The Bertz CT molecular complexity index is 189. The fourth-order valence-corrected chi connectivity index (χ4v) is 1.80. The van der Waals surface area contributed by atoms with Crippen molar-refractivity contribution in [1.29, 1.82) is 0 Å². The van der Waals surface area contributed by atoms with E-state index >= 15 is 0 Å². The Kier molecular flexibility index (Phi) is 16.8. The second-order valence-electron chi connectivity index (χ2n) is 2.51. The molecular formula is C6H10N2Na2OS4-2. The molecule has 0 aromatic heterocycles. The third-order valence-electron chi connectivity index (χ3n) is 1.80. The van der Waals surface area contributed by atoms with Crippen LogP contribution in [0.1, 0.15) is 0 Å². The predicted octanol–water partition coefficient (Wildman–Crippen LogP) is -1.32. The van der Waals surface area contributed by atoms with Crippen LogP contribution in [-0.4, -0.2) is 109 Å². The second kappa shape index (κ2) is 11.3. The van der Waals surface area contributed by atoms with Gasteiger partial charge in [-0.25, -0.2) is 0 Å². The van der Waals surface area contributed by atoms with Gasteiger partial charge in [0.2, 0.25) is 0 Å². The summed E-state index contributed by atoms with van der Waals surface area (Å²) in [5.74, 6) is 0. The number of thiocarbonyl (C=S) groups is 2. The van der Waals surface area contributed by atoms with Crippen LogP contribution in [0.3, 0.4) is 0 Å². The van der Waals surface area contributed by atoms with E-state index in [1.165, 1.54) is 0 Å². The van der Waals surface area contributed by atoms with E-state index in [1.807, 2.05) is 9.80 Å². The molecule has 15 heavy (non-hydrogen) atoms. The zero-order valence-electron chi connectivity index (χ0n) is 8.86. The molecule has 2 N–H and O–H groups in total. The smallest absolute Gasteiger partial charge is 0.0338 e. The first kappa shape index (κ1) is 22.4. The first-order valence-corrected chi connectivity index (χ1v) is 5.16. The molecule has 1 rings (SSSR count). The molecule has 0 saturated carbocycles. The zero-order chi connectivity index (χ0) is 9.14. The molecule has 0 aromatic carbocycles. The molecule has 0 spiro atoms. The molecule has 3 nitrogen and oxygen atoms in total. The maximum Gasteiger partial charge on any atom is 0.0338 e. The molecule has 0 aromatic rings. The Labute approximate surface area is 156 Å². The molecular weight excluding hydrogens is 290 g/mol. The Morgan fingerprint density at radius 2 is 1.00 bits per heavy atom. The molecule has 9 heteroatoms. The number of piperazine rings is 1. The first-order chi connectivity index (χ1) is 5.61. The molecule has 1 fully saturated rings. The summed E-state index contributed by atoms with van der Waals surface area (Å²) in [6.45, 7) is 3.39. The van der Waals surface area contributed by atoms with Gasteiger partial charge in [0.25, 0.3) is 0 Å². The van der Waals surface area contributed by atoms with Gasteiger partial charge in [0.05, 0.1) is 0 Å². The molecule has 1 aliphatic heterocycles. The van der Waals surface area contributed by atoms with Crippen molar-refractivity contribution < 1.29 is 5.48 Å². The van der Waals surface area contributed by atoms with Gasteiger partial charge in [-0.2, -0.15) is 0 Å². The van der Waals surface area contributed by atoms with Crippen LogP contribution >= 0.6 is 24.4 Å². The van der Waals surface area contributed by atoms with Gasteiger partial charge in [-0.05, 0) is 0 Å². The quantitative estimate of drug-likeness (QED) is 0.314. The van der Waals surface area contributed by atoms with E-state index in [0.717, 1.165) is 26.2 Å². The van der Waals surface area contributed by atoms with E-state index in [1.54, 1.807) is 0 Å². The molecule has 0 aliphatic carbocycles. The summed E-state index contributed by atoms with van der Waals surface area (Å²) in [5, 5.41) is 0. The molecule has 2 radical (unpaired) electrons. The van der Waals surface area contributed by atoms with Crippen LogP contribution in [0.15, 0.2) is 0 Å². The van der Waals surface area contributed by atoms with Crippen molar-refractivity contribution in [1.82, 2.24) is 9.80 Å². The Morgan fingerprint density at radius 1 is 0.800 bits per heavy atom. The minimum absolute atomic E-state index is 0. The molecule has 1 saturated heterocycles. The minimum Gasteiger partial charge on any atom is -0.412 e. The first-order valence-electron chi connectivity index (χ1n) is 3.53. The van der Waals surface area contributed by atoms with Crippen LogP contribution in [0.2, 0.25) is 0 Å². The molecule has 78 valence electrons. The third kappa shape index (κ3) is 7.99. The molecule has 0 bridgehead atoms. The fraction of sp³-hybridized carbons (Fsp3) is 0.667. The van der Waals surface area contributed by atoms with E-state index in [-0.39, 0.29) is 64.6 Å². The maximum atomic E-state index is 4.88. The van der Waals surface area contributed by atoms with E-state index in [2.05, 4.69) is 0 Å². The van der Waals surface area contributed by atoms with Gasteiger partial charge in [0.15, 0.2) is 0 Å². The molecule has 1 aliphatic rings. The normalized spacial score (nSPS) is 14.1. The van der Waals surface area contributed by atoms with Crippen LogP contribution in [-0.2, 0) is 25.3 Å². The van der Waals surface area contributed by atoms with Gasteiger partial charge in [-0.3, -0.25) is 0 Å². The summed E-state index contributed by atoms with van der Waals surface area (Å²) in [7, 11) is 0. The van der Waals surface area contributed by atoms with Crippen molar-refractivity contribution >= 4 is 117 Å². The van der Waals surface area contributed by atoms with Crippen LogP contribution < -0.4 is 0 Å². The Balaban J connectivity index is -0.000000480. The molecule has 0 unspecified atom stereocenters. The average molecular weight is 300 g/mol. The number of hydrogen-bond donors (Lipinski definition) is 0.